The zero-order valence-corrected chi connectivity index (χ0v) is 12.0. The highest BCUT2D eigenvalue weighted by molar-refractivity contribution is 4.90. The fourth-order valence-electron chi connectivity index (χ4n) is 3.21. The number of hydrogen-bond donors (Lipinski definition) is 2. The van der Waals surface area contributed by atoms with Crippen molar-refractivity contribution in [2.24, 2.45) is 11.8 Å². The maximum Gasteiger partial charge on any atom is 0.0866 e. The molecule has 2 rings (SSSR count). The smallest absolute Gasteiger partial charge is 0.0866 e. The van der Waals surface area contributed by atoms with E-state index >= 15 is 0 Å². The second kappa shape index (κ2) is 7.23. The zero-order chi connectivity index (χ0) is 13.7. The van der Waals surface area contributed by atoms with E-state index in [-0.39, 0.29) is 6.10 Å². The Hall–Kier alpha value is -0.630. The van der Waals surface area contributed by atoms with Crippen LogP contribution in [0.3, 0.4) is 0 Å². The molecule has 1 heterocycles. The van der Waals surface area contributed by atoms with E-state index in [1.807, 2.05) is 0 Å². The van der Waals surface area contributed by atoms with Gasteiger partial charge in [0.05, 0.1) is 18.7 Å². The lowest BCUT2D eigenvalue weighted by Crippen LogP contribution is -2.50. The molecule has 108 valence electrons. The predicted octanol–water partition coefficient (Wildman–Crippen LogP) is 1.36. The first kappa shape index (κ1) is 14.8. The SMILES string of the molecule is CCCNC1CC(CC(O)C2CC2)CN(CC#N)C1. The van der Waals surface area contributed by atoms with E-state index in [9.17, 15) is 5.11 Å². The lowest BCUT2D eigenvalue weighted by molar-refractivity contribution is 0.0797. The van der Waals surface area contributed by atoms with Crippen LogP contribution in [0.25, 0.3) is 0 Å². The summed E-state index contributed by atoms with van der Waals surface area (Å²) in [5.74, 6) is 1.10. The molecular weight excluding hydrogens is 238 g/mol. The number of nitrogens with zero attached hydrogens (tertiary/aromatic N) is 2. The molecule has 0 spiro atoms. The van der Waals surface area contributed by atoms with Crippen LogP contribution >= 0.6 is 0 Å². The number of rotatable bonds is 7. The Bertz CT molecular complexity index is 311. The van der Waals surface area contributed by atoms with Gasteiger partial charge in [0.1, 0.15) is 0 Å². The van der Waals surface area contributed by atoms with Crippen molar-refractivity contribution in [2.75, 3.05) is 26.2 Å². The summed E-state index contributed by atoms with van der Waals surface area (Å²) in [7, 11) is 0. The molecule has 4 nitrogen and oxygen atoms in total. The highest BCUT2D eigenvalue weighted by Gasteiger charge is 2.34. The van der Waals surface area contributed by atoms with Gasteiger partial charge in [0, 0.05) is 19.1 Å². The average Bonchev–Trinajstić information content (AvgIpc) is 3.20. The van der Waals surface area contributed by atoms with E-state index in [4.69, 9.17) is 5.26 Å². The first-order valence-corrected chi connectivity index (χ1v) is 7.73. The number of piperidine rings is 1. The fourth-order valence-corrected chi connectivity index (χ4v) is 3.21. The molecule has 3 atom stereocenters. The van der Waals surface area contributed by atoms with Crippen molar-refractivity contribution in [1.29, 1.82) is 5.26 Å². The van der Waals surface area contributed by atoms with Crippen LogP contribution in [-0.4, -0.2) is 48.3 Å². The van der Waals surface area contributed by atoms with Crippen molar-refractivity contribution in [2.45, 2.75) is 51.2 Å². The number of hydrogen-bond acceptors (Lipinski definition) is 4. The van der Waals surface area contributed by atoms with Gasteiger partial charge in [0.25, 0.3) is 0 Å². The van der Waals surface area contributed by atoms with Crippen LogP contribution in [0.5, 0.6) is 0 Å². The first-order chi connectivity index (χ1) is 9.22. The average molecular weight is 265 g/mol. The Labute approximate surface area is 116 Å². The summed E-state index contributed by atoms with van der Waals surface area (Å²) in [5.41, 5.74) is 0. The summed E-state index contributed by atoms with van der Waals surface area (Å²) >= 11 is 0. The van der Waals surface area contributed by atoms with Crippen molar-refractivity contribution in [3.05, 3.63) is 0 Å². The minimum atomic E-state index is -0.112. The molecule has 1 aliphatic heterocycles. The summed E-state index contributed by atoms with van der Waals surface area (Å²) < 4.78 is 0. The largest absolute Gasteiger partial charge is 0.393 e. The summed E-state index contributed by atoms with van der Waals surface area (Å²) in [5, 5.41) is 22.6. The second-order valence-corrected chi connectivity index (χ2v) is 6.25. The van der Waals surface area contributed by atoms with Crippen LogP contribution in [0, 0.1) is 23.2 Å². The molecule has 4 heteroatoms. The van der Waals surface area contributed by atoms with Crippen molar-refractivity contribution in [3.8, 4) is 6.07 Å². The lowest BCUT2D eigenvalue weighted by atomic mass is 9.88. The molecule has 2 fully saturated rings. The Kier molecular flexibility index (Phi) is 5.62. The molecule has 0 aromatic carbocycles. The second-order valence-electron chi connectivity index (χ2n) is 6.25. The molecule has 0 aromatic rings. The van der Waals surface area contributed by atoms with E-state index in [2.05, 4.69) is 23.2 Å². The standard InChI is InChI=1S/C15H27N3O/c1-2-6-17-14-8-12(9-15(19)13-3-4-13)10-18(11-14)7-5-16/h12-15,17,19H,2-4,6-11H2,1H3. The maximum atomic E-state index is 10.1. The zero-order valence-electron chi connectivity index (χ0n) is 12.0. The fraction of sp³-hybridized carbons (Fsp3) is 0.933. The van der Waals surface area contributed by atoms with E-state index in [1.54, 1.807) is 0 Å². The molecule has 0 amide bonds. The van der Waals surface area contributed by atoms with Crippen LogP contribution < -0.4 is 5.32 Å². The number of nitrogens with one attached hydrogen (secondary N) is 1. The molecule has 1 saturated carbocycles. The van der Waals surface area contributed by atoms with Gasteiger partial charge in [-0.25, -0.2) is 0 Å². The maximum absolute atomic E-state index is 10.1. The third kappa shape index (κ3) is 4.76. The number of nitriles is 1. The Balaban J connectivity index is 1.83. The Morgan fingerprint density at radius 2 is 2.21 bits per heavy atom. The monoisotopic (exact) mass is 265 g/mol. The minimum absolute atomic E-state index is 0.112. The van der Waals surface area contributed by atoms with Gasteiger partial charge in [0.15, 0.2) is 0 Å². The normalized spacial score (nSPS) is 29.9. The Morgan fingerprint density at radius 1 is 1.42 bits per heavy atom. The molecule has 0 radical (unpaired) electrons. The molecule has 2 N–H and O–H groups in total. The van der Waals surface area contributed by atoms with Gasteiger partial charge in [-0.3, -0.25) is 4.90 Å². The van der Waals surface area contributed by atoms with Crippen LogP contribution in [0.2, 0.25) is 0 Å². The molecule has 19 heavy (non-hydrogen) atoms. The molecule has 0 aromatic heterocycles. The molecule has 2 aliphatic rings. The van der Waals surface area contributed by atoms with Gasteiger partial charge in [-0.15, -0.1) is 0 Å². The quantitative estimate of drug-likeness (QED) is 0.682. The van der Waals surface area contributed by atoms with Gasteiger partial charge in [-0.2, -0.15) is 5.26 Å². The van der Waals surface area contributed by atoms with Gasteiger partial charge in [-0.05, 0) is 50.5 Å². The van der Waals surface area contributed by atoms with E-state index < -0.39 is 0 Å². The molecule has 1 aliphatic carbocycles. The third-order valence-electron chi connectivity index (χ3n) is 4.33. The van der Waals surface area contributed by atoms with E-state index in [1.165, 1.54) is 12.8 Å². The number of likely N-dealkylation sites (tertiary alicyclic amines) is 1. The topological polar surface area (TPSA) is 59.3 Å². The summed E-state index contributed by atoms with van der Waals surface area (Å²) in [4.78, 5) is 2.24. The third-order valence-corrected chi connectivity index (χ3v) is 4.33. The molecule has 3 unspecified atom stereocenters. The van der Waals surface area contributed by atoms with Gasteiger partial charge in [-0.1, -0.05) is 6.92 Å². The minimum Gasteiger partial charge on any atom is -0.393 e. The van der Waals surface area contributed by atoms with Crippen LogP contribution in [0.1, 0.15) is 39.0 Å². The van der Waals surface area contributed by atoms with Crippen LogP contribution in [0.15, 0.2) is 0 Å². The number of aliphatic hydroxyl groups excluding tert-OH is 1. The van der Waals surface area contributed by atoms with Gasteiger partial charge in [0.2, 0.25) is 0 Å². The van der Waals surface area contributed by atoms with Crippen LogP contribution in [0.4, 0.5) is 0 Å². The summed E-state index contributed by atoms with van der Waals surface area (Å²) in [6.45, 7) is 5.69. The lowest BCUT2D eigenvalue weighted by Gasteiger charge is -2.38. The summed E-state index contributed by atoms with van der Waals surface area (Å²) in [6.07, 6.45) is 5.49. The van der Waals surface area contributed by atoms with Crippen molar-refractivity contribution in [1.82, 2.24) is 10.2 Å². The highest BCUT2D eigenvalue weighted by Crippen LogP contribution is 2.36. The van der Waals surface area contributed by atoms with E-state index in [0.29, 0.717) is 24.4 Å². The molecule has 1 saturated heterocycles. The van der Waals surface area contributed by atoms with Crippen LogP contribution in [-0.2, 0) is 0 Å². The summed E-state index contributed by atoms with van der Waals surface area (Å²) in [6, 6.07) is 2.74. The highest BCUT2D eigenvalue weighted by atomic mass is 16.3. The van der Waals surface area contributed by atoms with E-state index in [0.717, 1.165) is 38.9 Å². The Morgan fingerprint density at radius 3 is 2.84 bits per heavy atom. The molecule has 0 bridgehead atoms. The molecular formula is C15H27N3O. The predicted molar refractivity (Wildman–Crippen MR) is 75.6 cm³/mol. The van der Waals surface area contributed by atoms with Gasteiger partial charge < -0.3 is 10.4 Å². The first-order valence-electron chi connectivity index (χ1n) is 7.73. The van der Waals surface area contributed by atoms with Crippen molar-refractivity contribution < 1.29 is 5.11 Å². The van der Waals surface area contributed by atoms with Crippen molar-refractivity contribution >= 4 is 0 Å². The van der Waals surface area contributed by atoms with Gasteiger partial charge >= 0.3 is 0 Å². The number of aliphatic hydroxyl groups is 1. The van der Waals surface area contributed by atoms with Crippen molar-refractivity contribution in [3.63, 3.8) is 0 Å².